The van der Waals surface area contributed by atoms with Crippen LogP contribution in [-0.2, 0) is 19.4 Å². The summed E-state index contributed by atoms with van der Waals surface area (Å²) < 4.78 is 28.2. The second-order valence-electron chi connectivity index (χ2n) is 5.55. The molecule has 8 nitrogen and oxygen atoms in total. The molecule has 0 saturated carbocycles. The third-order valence-electron chi connectivity index (χ3n) is 3.91. The van der Waals surface area contributed by atoms with E-state index in [9.17, 15) is 23.1 Å². The lowest BCUT2D eigenvalue weighted by atomic mass is 9.90. The third kappa shape index (κ3) is 4.07. The van der Waals surface area contributed by atoms with Crippen molar-refractivity contribution in [1.29, 1.82) is 0 Å². The normalized spacial score (nSPS) is 27.5. The number of sulfone groups is 1. The summed E-state index contributed by atoms with van der Waals surface area (Å²) in [7, 11) is -3.12. The van der Waals surface area contributed by atoms with Gasteiger partial charge in [-0.2, -0.15) is 0 Å². The fourth-order valence-corrected chi connectivity index (χ4v) is 4.32. The average Bonchev–Trinajstić information content (AvgIpc) is 2.38. The number of carbonyl (C=O) groups excluding carboxylic acids is 1. The number of carboxylic acids is 1. The topological polar surface area (TPSA) is 122 Å². The SMILES string of the molecule is O=C(NC1CCCS(=O)(=O)C1)NC1(C(=O)O)CCOCC1. The molecule has 2 fully saturated rings. The van der Waals surface area contributed by atoms with E-state index in [1.807, 2.05) is 0 Å². The maximum Gasteiger partial charge on any atom is 0.329 e. The number of urea groups is 1. The standard InChI is InChI=1S/C12H20N2O6S/c15-10(16)12(3-5-20-6-4-12)14-11(17)13-9-2-1-7-21(18,19)8-9/h9H,1-8H2,(H,15,16)(H2,13,14,17). The van der Waals surface area contributed by atoms with Gasteiger partial charge in [-0.3, -0.25) is 0 Å². The van der Waals surface area contributed by atoms with Crippen LogP contribution in [0.1, 0.15) is 25.7 Å². The summed E-state index contributed by atoms with van der Waals surface area (Å²) in [6, 6.07) is -1.10. The third-order valence-corrected chi connectivity index (χ3v) is 5.73. The van der Waals surface area contributed by atoms with Crippen LogP contribution in [-0.4, -0.2) is 61.8 Å². The smallest absolute Gasteiger partial charge is 0.329 e. The van der Waals surface area contributed by atoms with E-state index in [1.165, 1.54) is 0 Å². The quantitative estimate of drug-likeness (QED) is 0.644. The molecule has 0 aromatic carbocycles. The number of carboxylic acid groups (broad SMARTS) is 1. The zero-order valence-electron chi connectivity index (χ0n) is 11.6. The van der Waals surface area contributed by atoms with Gasteiger partial charge in [-0.1, -0.05) is 0 Å². The largest absolute Gasteiger partial charge is 0.480 e. The Morgan fingerprint density at radius 2 is 1.90 bits per heavy atom. The molecule has 0 bridgehead atoms. The van der Waals surface area contributed by atoms with Crippen LogP contribution in [0.5, 0.6) is 0 Å². The molecule has 120 valence electrons. The lowest BCUT2D eigenvalue weighted by Crippen LogP contribution is -2.61. The number of aliphatic carboxylic acids is 1. The van der Waals surface area contributed by atoms with Gasteiger partial charge in [0.2, 0.25) is 0 Å². The highest BCUT2D eigenvalue weighted by Crippen LogP contribution is 2.21. The lowest BCUT2D eigenvalue weighted by molar-refractivity contribution is -0.148. The summed E-state index contributed by atoms with van der Waals surface area (Å²) in [5, 5.41) is 14.4. The summed E-state index contributed by atoms with van der Waals surface area (Å²) in [6.07, 6.45) is 1.47. The van der Waals surface area contributed by atoms with Crippen LogP contribution in [0, 0.1) is 0 Å². The van der Waals surface area contributed by atoms with Gasteiger partial charge in [0.25, 0.3) is 0 Å². The Morgan fingerprint density at radius 3 is 2.48 bits per heavy atom. The molecule has 0 aromatic heterocycles. The van der Waals surface area contributed by atoms with Crippen LogP contribution in [0.4, 0.5) is 4.79 Å². The fourth-order valence-electron chi connectivity index (χ4n) is 2.69. The summed E-state index contributed by atoms with van der Waals surface area (Å²) >= 11 is 0. The van der Waals surface area contributed by atoms with Gasteiger partial charge in [0.15, 0.2) is 9.84 Å². The Bertz CT molecular complexity index is 512. The van der Waals surface area contributed by atoms with Gasteiger partial charge in [0, 0.05) is 32.1 Å². The first kappa shape index (κ1) is 16.0. The fraction of sp³-hybridized carbons (Fsp3) is 0.833. The molecule has 9 heteroatoms. The van der Waals surface area contributed by atoms with Crippen molar-refractivity contribution in [3.8, 4) is 0 Å². The minimum absolute atomic E-state index is 0.0936. The van der Waals surface area contributed by atoms with Gasteiger partial charge in [-0.15, -0.1) is 0 Å². The van der Waals surface area contributed by atoms with Gasteiger partial charge in [0.05, 0.1) is 11.5 Å². The summed E-state index contributed by atoms with van der Waals surface area (Å²) in [5.41, 5.74) is -1.34. The molecule has 2 aliphatic rings. The lowest BCUT2D eigenvalue weighted by Gasteiger charge is -2.34. The molecule has 0 aromatic rings. The van der Waals surface area contributed by atoms with Crippen molar-refractivity contribution in [3.63, 3.8) is 0 Å². The summed E-state index contributed by atoms with van der Waals surface area (Å²) in [4.78, 5) is 23.4. The number of amides is 2. The molecule has 1 atom stereocenters. The number of hydrogen-bond acceptors (Lipinski definition) is 5. The zero-order chi connectivity index (χ0) is 15.5. The molecule has 21 heavy (non-hydrogen) atoms. The number of nitrogens with one attached hydrogen (secondary N) is 2. The van der Waals surface area contributed by atoms with E-state index in [0.29, 0.717) is 12.8 Å². The molecule has 2 rings (SSSR count). The molecular formula is C12H20N2O6S. The summed E-state index contributed by atoms with van der Waals surface area (Å²) in [6.45, 7) is 0.536. The van der Waals surface area contributed by atoms with Crippen molar-refractivity contribution < 1.29 is 27.9 Å². The monoisotopic (exact) mass is 320 g/mol. The molecule has 3 N–H and O–H groups in total. The van der Waals surface area contributed by atoms with Crippen LogP contribution in [0.2, 0.25) is 0 Å². The van der Waals surface area contributed by atoms with E-state index in [2.05, 4.69) is 10.6 Å². The van der Waals surface area contributed by atoms with Crippen molar-refractivity contribution in [2.75, 3.05) is 24.7 Å². The molecule has 2 amide bonds. The van der Waals surface area contributed by atoms with Gasteiger partial charge >= 0.3 is 12.0 Å². The number of rotatable bonds is 3. The molecule has 1 unspecified atom stereocenters. The summed E-state index contributed by atoms with van der Waals surface area (Å²) in [5.74, 6) is -1.05. The van der Waals surface area contributed by atoms with Gasteiger partial charge < -0.3 is 20.5 Å². The van der Waals surface area contributed by atoms with E-state index in [0.717, 1.165) is 0 Å². The van der Waals surface area contributed by atoms with E-state index in [-0.39, 0.29) is 37.6 Å². The Hall–Kier alpha value is -1.35. The second kappa shape index (κ2) is 6.18. The van der Waals surface area contributed by atoms with Crippen molar-refractivity contribution in [2.45, 2.75) is 37.3 Å². The predicted molar refractivity (Wildman–Crippen MR) is 73.8 cm³/mol. The van der Waals surface area contributed by atoms with Gasteiger partial charge in [-0.25, -0.2) is 18.0 Å². The van der Waals surface area contributed by atoms with E-state index in [1.54, 1.807) is 0 Å². The van der Waals surface area contributed by atoms with Gasteiger partial charge in [-0.05, 0) is 12.8 Å². The van der Waals surface area contributed by atoms with Crippen molar-refractivity contribution >= 4 is 21.8 Å². The van der Waals surface area contributed by atoms with Crippen LogP contribution in [0.3, 0.4) is 0 Å². The number of hydrogen-bond donors (Lipinski definition) is 3. The Kier molecular flexibility index (Phi) is 4.72. The minimum atomic E-state index is -3.12. The molecule has 0 aliphatic carbocycles. The molecule has 2 saturated heterocycles. The highest BCUT2D eigenvalue weighted by molar-refractivity contribution is 7.91. The predicted octanol–water partition coefficient (Wildman–Crippen LogP) is -0.503. The highest BCUT2D eigenvalue weighted by Gasteiger charge is 2.42. The first-order chi connectivity index (χ1) is 9.83. The van der Waals surface area contributed by atoms with Crippen LogP contribution < -0.4 is 10.6 Å². The Labute approximate surface area is 123 Å². The maximum absolute atomic E-state index is 12.0. The maximum atomic E-state index is 12.0. The van der Waals surface area contributed by atoms with Crippen molar-refractivity contribution in [1.82, 2.24) is 10.6 Å². The number of ether oxygens (including phenoxy) is 1. The van der Waals surface area contributed by atoms with Crippen LogP contribution in [0.15, 0.2) is 0 Å². The average molecular weight is 320 g/mol. The first-order valence-corrected chi connectivity index (χ1v) is 8.75. The number of carbonyl (C=O) groups is 2. The van der Waals surface area contributed by atoms with Gasteiger partial charge in [0.1, 0.15) is 5.54 Å². The van der Waals surface area contributed by atoms with Crippen molar-refractivity contribution in [2.24, 2.45) is 0 Å². The molecular weight excluding hydrogens is 300 g/mol. The van der Waals surface area contributed by atoms with E-state index < -0.39 is 33.4 Å². The van der Waals surface area contributed by atoms with Crippen LogP contribution >= 0.6 is 0 Å². The zero-order valence-corrected chi connectivity index (χ0v) is 12.4. The van der Waals surface area contributed by atoms with E-state index in [4.69, 9.17) is 4.74 Å². The Balaban J connectivity index is 1.95. The van der Waals surface area contributed by atoms with Crippen molar-refractivity contribution in [3.05, 3.63) is 0 Å². The second-order valence-corrected chi connectivity index (χ2v) is 7.78. The van der Waals surface area contributed by atoms with E-state index >= 15 is 0 Å². The molecule has 0 spiro atoms. The first-order valence-electron chi connectivity index (χ1n) is 6.93. The molecule has 2 heterocycles. The Morgan fingerprint density at radius 1 is 1.24 bits per heavy atom. The highest BCUT2D eigenvalue weighted by atomic mass is 32.2. The molecule has 0 radical (unpaired) electrons. The minimum Gasteiger partial charge on any atom is -0.480 e. The van der Waals surface area contributed by atoms with Crippen LogP contribution in [0.25, 0.3) is 0 Å². The molecule has 2 aliphatic heterocycles.